The number of nitrogens with one attached hydrogen (secondary N) is 2. The van der Waals surface area contributed by atoms with Gasteiger partial charge in [0.05, 0.1) is 0 Å². The number of hydrogen-bond donors (Lipinski definition) is 2. The van der Waals surface area contributed by atoms with Crippen LogP contribution in [0.25, 0.3) is 0 Å². The Morgan fingerprint density at radius 1 is 1.31 bits per heavy atom. The van der Waals surface area contributed by atoms with E-state index in [2.05, 4.69) is 31.4 Å². The van der Waals surface area contributed by atoms with Crippen molar-refractivity contribution in [3.63, 3.8) is 0 Å². The second-order valence-corrected chi connectivity index (χ2v) is 6.05. The smallest absolute Gasteiger partial charge is 0.216 e. The van der Waals surface area contributed by atoms with E-state index in [-0.39, 0.29) is 5.91 Å². The van der Waals surface area contributed by atoms with E-state index >= 15 is 0 Å². The van der Waals surface area contributed by atoms with Crippen LogP contribution in [0.3, 0.4) is 0 Å². The molecule has 1 saturated carbocycles. The van der Waals surface area contributed by atoms with Gasteiger partial charge < -0.3 is 10.6 Å². The molecule has 16 heavy (non-hydrogen) atoms. The van der Waals surface area contributed by atoms with Gasteiger partial charge >= 0.3 is 0 Å². The van der Waals surface area contributed by atoms with Crippen molar-refractivity contribution in [2.75, 3.05) is 13.1 Å². The third kappa shape index (κ3) is 4.97. The summed E-state index contributed by atoms with van der Waals surface area (Å²) in [5.74, 6) is 0.862. The van der Waals surface area contributed by atoms with Gasteiger partial charge in [-0.3, -0.25) is 4.79 Å². The van der Waals surface area contributed by atoms with Crippen LogP contribution >= 0.6 is 0 Å². The highest BCUT2D eigenvalue weighted by Crippen LogP contribution is 2.38. The van der Waals surface area contributed by atoms with Gasteiger partial charge in [0.15, 0.2) is 0 Å². The molecule has 1 fully saturated rings. The molecule has 0 radical (unpaired) electrons. The summed E-state index contributed by atoms with van der Waals surface area (Å²) < 4.78 is 0. The van der Waals surface area contributed by atoms with Crippen LogP contribution in [0.15, 0.2) is 0 Å². The minimum atomic E-state index is 0.0548. The molecule has 0 saturated heterocycles. The van der Waals surface area contributed by atoms with E-state index in [4.69, 9.17) is 0 Å². The number of rotatable bonds is 4. The minimum absolute atomic E-state index is 0.0548. The van der Waals surface area contributed by atoms with Crippen molar-refractivity contribution >= 4 is 5.91 Å². The Hall–Kier alpha value is -0.570. The summed E-state index contributed by atoms with van der Waals surface area (Å²) in [6, 6.07) is 0.618. The number of carbonyl (C=O) groups excluding carboxylic acids is 1. The average Bonchev–Trinajstić information content (AvgIpc) is 2.08. The van der Waals surface area contributed by atoms with Gasteiger partial charge in [-0.2, -0.15) is 0 Å². The van der Waals surface area contributed by atoms with Crippen LogP contribution in [-0.4, -0.2) is 25.0 Å². The summed E-state index contributed by atoms with van der Waals surface area (Å²) in [5.41, 5.74) is 0.462. The summed E-state index contributed by atoms with van der Waals surface area (Å²) in [6.07, 6.45) is 3.85. The van der Waals surface area contributed by atoms with Gasteiger partial charge in [0.2, 0.25) is 5.91 Å². The fourth-order valence-electron chi connectivity index (χ4n) is 3.02. The van der Waals surface area contributed by atoms with E-state index in [0.717, 1.165) is 19.0 Å². The Bertz CT molecular complexity index is 238. The Balaban J connectivity index is 2.23. The van der Waals surface area contributed by atoms with Crippen molar-refractivity contribution in [3.05, 3.63) is 0 Å². The molecule has 1 amide bonds. The third-order valence-electron chi connectivity index (χ3n) is 3.32. The molecular weight excluding hydrogens is 200 g/mol. The van der Waals surface area contributed by atoms with Crippen molar-refractivity contribution in [3.8, 4) is 0 Å². The molecule has 0 spiro atoms. The van der Waals surface area contributed by atoms with Gasteiger partial charge in [0.25, 0.3) is 0 Å². The zero-order chi connectivity index (χ0) is 12.2. The highest BCUT2D eigenvalue weighted by Gasteiger charge is 2.31. The molecule has 94 valence electrons. The maximum absolute atomic E-state index is 10.7. The second kappa shape index (κ2) is 5.67. The Morgan fingerprint density at radius 2 is 2.00 bits per heavy atom. The summed E-state index contributed by atoms with van der Waals surface area (Å²) in [5, 5.41) is 6.36. The van der Waals surface area contributed by atoms with Crippen molar-refractivity contribution in [2.45, 2.75) is 53.0 Å². The molecule has 2 unspecified atom stereocenters. The first-order valence-electron chi connectivity index (χ1n) is 6.37. The van der Waals surface area contributed by atoms with Crippen molar-refractivity contribution in [1.29, 1.82) is 0 Å². The lowest BCUT2D eigenvalue weighted by Gasteiger charge is -2.39. The molecule has 0 aromatic carbocycles. The zero-order valence-corrected chi connectivity index (χ0v) is 11.1. The first-order chi connectivity index (χ1) is 7.39. The summed E-state index contributed by atoms with van der Waals surface area (Å²) in [6.45, 7) is 10.2. The maximum Gasteiger partial charge on any atom is 0.216 e. The van der Waals surface area contributed by atoms with Gasteiger partial charge in [0, 0.05) is 26.1 Å². The van der Waals surface area contributed by atoms with Crippen molar-refractivity contribution < 1.29 is 4.79 Å². The highest BCUT2D eigenvalue weighted by molar-refractivity contribution is 5.72. The Labute approximate surface area is 99.4 Å². The number of carbonyl (C=O) groups is 1. The second-order valence-electron chi connectivity index (χ2n) is 6.05. The van der Waals surface area contributed by atoms with Gasteiger partial charge in [-0.25, -0.2) is 0 Å². The molecule has 0 aromatic heterocycles. The zero-order valence-electron chi connectivity index (χ0n) is 11.1. The van der Waals surface area contributed by atoms with Crippen LogP contribution in [0.1, 0.15) is 47.0 Å². The monoisotopic (exact) mass is 226 g/mol. The van der Waals surface area contributed by atoms with Crippen LogP contribution in [0, 0.1) is 11.3 Å². The predicted octanol–water partition coefficient (Wildman–Crippen LogP) is 1.93. The van der Waals surface area contributed by atoms with E-state index in [1.165, 1.54) is 19.3 Å². The number of hydrogen-bond acceptors (Lipinski definition) is 2. The molecule has 0 aliphatic heterocycles. The van der Waals surface area contributed by atoms with Crippen LogP contribution in [-0.2, 0) is 4.79 Å². The summed E-state index contributed by atoms with van der Waals surface area (Å²) in [7, 11) is 0. The van der Waals surface area contributed by atoms with Gasteiger partial charge in [-0.15, -0.1) is 0 Å². The van der Waals surface area contributed by atoms with Gasteiger partial charge in [0.1, 0.15) is 0 Å². The largest absolute Gasteiger partial charge is 0.355 e. The molecule has 0 bridgehead atoms. The predicted molar refractivity (Wildman–Crippen MR) is 67.3 cm³/mol. The molecule has 3 heteroatoms. The summed E-state index contributed by atoms with van der Waals surface area (Å²) in [4.78, 5) is 10.7. The molecular formula is C13H26N2O. The van der Waals surface area contributed by atoms with Gasteiger partial charge in [-0.1, -0.05) is 20.8 Å². The van der Waals surface area contributed by atoms with Crippen LogP contribution in [0.5, 0.6) is 0 Å². The molecule has 0 heterocycles. The maximum atomic E-state index is 10.7. The first kappa shape index (κ1) is 13.5. The van der Waals surface area contributed by atoms with Crippen molar-refractivity contribution in [2.24, 2.45) is 11.3 Å². The fraction of sp³-hybridized carbons (Fsp3) is 0.923. The standard InChI is InChI=1S/C13H26N2O/c1-10-7-12(9-13(3,4)8-10)15-6-5-14-11(2)16/h10,12,15H,5-9H2,1-4H3,(H,14,16). The van der Waals surface area contributed by atoms with Crippen LogP contribution in [0.4, 0.5) is 0 Å². The molecule has 2 N–H and O–H groups in total. The average molecular weight is 226 g/mol. The molecule has 3 nitrogen and oxygen atoms in total. The molecule has 1 rings (SSSR count). The third-order valence-corrected chi connectivity index (χ3v) is 3.32. The first-order valence-corrected chi connectivity index (χ1v) is 6.37. The van der Waals surface area contributed by atoms with E-state index in [1.54, 1.807) is 6.92 Å². The van der Waals surface area contributed by atoms with E-state index < -0.39 is 0 Å². The quantitative estimate of drug-likeness (QED) is 0.719. The molecule has 0 aromatic rings. The topological polar surface area (TPSA) is 41.1 Å². The summed E-state index contributed by atoms with van der Waals surface area (Å²) >= 11 is 0. The fourth-order valence-corrected chi connectivity index (χ4v) is 3.02. The van der Waals surface area contributed by atoms with Gasteiger partial charge in [-0.05, 0) is 30.6 Å². The lowest BCUT2D eigenvalue weighted by atomic mass is 9.70. The number of amides is 1. The normalized spacial score (nSPS) is 28.8. The lowest BCUT2D eigenvalue weighted by Crippen LogP contribution is -2.42. The van der Waals surface area contributed by atoms with E-state index in [9.17, 15) is 4.79 Å². The van der Waals surface area contributed by atoms with Crippen LogP contribution in [0.2, 0.25) is 0 Å². The van der Waals surface area contributed by atoms with Crippen LogP contribution < -0.4 is 10.6 Å². The SMILES string of the molecule is CC(=O)NCCNC1CC(C)CC(C)(C)C1. The highest BCUT2D eigenvalue weighted by atomic mass is 16.1. The molecule has 1 aliphatic rings. The Kier molecular flexibility index (Phi) is 4.78. The molecule has 2 atom stereocenters. The molecule has 1 aliphatic carbocycles. The van der Waals surface area contributed by atoms with Crippen molar-refractivity contribution in [1.82, 2.24) is 10.6 Å². The minimum Gasteiger partial charge on any atom is -0.355 e. The Morgan fingerprint density at radius 3 is 2.56 bits per heavy atom. The van der Waals surface area contributed by atoms with E-state index in [0.29, 0.717) is 11.5 Å². The lowest BCUT2D eigenvalue weighted by molar-refractivity contribution is -0.118. The van der Waals surface area contributed by atoms with E-state index in [1.807, 2.05) is 0 Å².